The van der Waals surface area contributed by atoms with Gasteiger partial charge in [0.1, 0.15) is 12.3 Å². The molecule has 4 aromatic rings. The smallest absolute Gasteiger partial charge is 0.252 e. The molecule has 4 rings (SSSR count). The lowest BCUT2D eigenvalue weighted by Crippen LogP contribution is -2.36. The molecule has 0 aliphatic rings. The van der Waals surface area contributed by atoms with Gasteiger partial charge in [-0.15, -0.1) is 5.10 Å². The zero-order valence-electron chi connectivity index (χ0n) is 19.2. The van der Waals surface area contributed by atoms with Crippen LogP contribution in [-0.4, -0.2) is 48.3 Å². The number of aliphatic hydroxyl groups excluding tert-OH is 1. The van der Waals surface area contributed by atoms with Gasteiger partial charge in [0.25, 0.3) is 5.56 Å². The van der Waals surface area contributed by atoms with Gasteiger partial charge in [-0.2, -0.15) is 0 Å². The summed E-state index contributed by atoms with van der Waals surface area (Å²) in [6, 6.07) is 11.5. The SMILES string of the molecule is Cc1ccc2[nH]c(=O)c(CN(CCCO)[C@H](c3nnnn3Cc3ccco3)C(C)C)cc2c1. The molecular formula is C24H30N6O3. The molecule has 0 aliphatic carbocycles. The van der Waals surface area contributed by atoms with E-state index in [1.165, 1.54) is 0 Å². The lowest BCUT2D eigenvalue weighted by molar-refractivity contribution is 0.122. The Bertz CT molecular complexity index is 1240. The number of pyridine rings is 1. The topological polar surface area (TPSA) is 113 Å². The van der Waals surface area contributed by atoms with Crippen molar-refractivity contribution in [1.29, 1.82) is 0 Å². The molecule has 0 amide bonds. The average molecular weight is 451 g/mol. The number of rotatable bonds is 10. The first-order valence-electron chi connectivity index (χ1n) is 11.2. The van der Waals surface area contributed by atoms with E-state index >= 15 is 0 Å². The molecule has 9 nitrogen and oxygen atoms in total. The average Bonchev–Trinajstić information content (AvgIpc) is 3.45. The van der Waals surface area contributed by atoms with Crippen LogP contribution in [0.15, 0.2) is 51.9 Å². The molecule has 33 heavy (non-hydrogen) atoms. The molecule has 3 aromatic heterocycles. The molecule has 0 saturated heterocycles. The third-order valence-electron chi connectivity index (χ3n) is 5.79. The Hall–Kier alpha value is -3.30. The van der Waals surface area contributed by atoms with Crippen molar-refractivity contribution in [2.24, 2.45) is 5.92 Å². The quantitative estimate of drug-likeness (QED) is 0.382. The minimum Gasteiger partial charge on any atom is -0.467 e. The third kappa shape index (κ3) is 5.20. The highest BCUT2D eigenvalue weighted by molar-refractivity contribution is 5.79. The number of aromatic amines is 1. The van der Waals surface area contributed by atoms with E-state index in [1.807, 2.05) is 37.3 Å². The molecule has 9 heteroatoms. The molecule has 0 bridgehead atoms. The van der Waals surface area contributed by atoms with Gasteiger partial charge in [-0.3, -0.25) is 9.69 Å². The summed E-state index contributed by atoms with van der Waals surface area (Å²) >= 11 is 0. The Morgan fingerprint density at radius 1 is 1.24 bits per heavy atom. The van der Waals surface area contributed by atoms with E-state index in [0.29, 0.717) is 37.4 Å². The standard InChI is InChI=1S/C24H30N6O3/c1-16(2)22(23-26-27-28-30(23)15-20-6-4-11-33-20)29(9-5-10-31)14-19-13-18-12-17(3)7-8-21(18)25-24(19)32/h4,6-8,11-13,16,22,31H,5,9-10,14-15H2,1-3H3,(H,25,32)/t22-/m0/s1. The molecule has 1 atom stereocenters. The number of aliphatic hydroxyl groups is 1. The van der Waals surface area contributed by atoms with Crippen LogP contribution >= 0.6 is 0 Å². The van der Waals surface area contributed by atoms with Gasteiger partial charge in [0.05, 0.1) is 12.3 Å². The minimum absolute atomic E-state index is 0.0614. The van der Waals surface area contributed by atoms with Crippen LogP contribution in [0.1, 0.15) is 49.0 Å². The summed E-state index contributed by atoms with van der Waals surface area (Å²) in [6.07, 6.45) is 2.20. The van der Waals surface area contributed by atoms with E-state index in [2.05, 4.69) is 45.3 Å². The second-order valence-electron chi connectivity index (χ2n) is 8.72. The van der Waals surface area contributed by atoms with Crippen LogP contribution in [-0.2, 0) is 13.1 Å². The van der Waals surface area contributed by atoms with Crippen molar-refractivity contribution in [2.75, 3.05) is 13.2 Å². The van der Waals surface area contributed by atoms with Crippen LogP contribution in [0.4, 0.5) is 0 Å². The van der Waals surface area contributed by atoms with Gasteiger partial charge >= 0.3 is 0 Å². The molecule has 0 spiro atoms. The maximum Gasteiger partial charge on any atom is 0.252 e. The molecule has 174 valence electrons. The van der Waals surface area contributed by atoms with Crippen molar-refractivity contribution < 1.29 is 9.52 Å². The number of aromatic nitrogens is 5. The highest BCUT2D eigenvalue weighted by Gasteiger charge is 2.30. The summed E-state index contributed by atoms with van der Waals surface area (Å²) < 4.78 is 7.22. The van der Waals surface area contributed by atoms with Crippen molar-refractivity contribution >= 4 is 10.9 Å². The van der Waals surface area contributed by atoms with Crippen LogP contribution < -0.4 is 5.56 Å². The summed E-state index contributed by atoms with van der Waals surface area (Å²) in [4.78, 5) is 18.1. The maximum absolute atomic E-state index is 12.9. The van der Waals surface area contributed by atoms with E-state index in [1.54, 1.807) is 10.9 Å². The first-order valence-corrected chi connectivity index (χ1v) is 11.2. The number of H-pyrrole nitrogens is 1. The number of benzene rings is 1. The van der Waals surface area contributed by atoms with E-state index in [9.17, 15) is 9.90 Å². The zero-order chi connectivity index (χ0) is 23.4. The second-order valence-corrected chi connectivity index (χ2v) is 8.72. The normalized spacial score (nSPS) is 12.8. The molecular weight excluding hydrogens is 420 g/mol. The van der Waals surface area contributed by atoms with Gasteiger partial charge in [0.2, 0.25) is 0 Å². The number of tetrazole rings is 1. The molecule has 0 aliphatic heterocycles. The number of nitrogens with zero attached hydrogens (tertiary/aromatic N) is 5. The summed E-state index contributed by atoms with van der Waals surface area (Å²) in [6.45, 7) is 7.74. The minimum atomic E-state index is -0.158. The van der Waals surface area contributed by atoms with Crippen molar-refractivity contribution in [3.8, 4) is 0 Å². The van der Waals surface area contributed by atoms with Crippen molar-refractivity contribution in [3.05, 3.63) is 75.7 Å². The van der Waals surface area contributed by atoms with Crippen molar-refractivity contribution in [3.63, 3.8) is 0 Å². The molecule has 0 unspecified atom stereocenters. The Morgan fingerprint density at radius 2 is 2.09 bits per heavy atom. The molecule has 2 N–H and O–H groups in total. The highest BCUT2D eigenvalue weighted by Crippen LogP contribution is 2.29. The molecule has 1 aromatic carbocycles. The van der Waals surface area contributed by atoms with E-state index in [-0.39, 0.29) is 24.1 Å². The fraction of sp³-hybridized carbons (Fsp3) is 0.417. The monoisotopic (exact) mass is 450 g/mol. The van der Waals surface area contributed by atoms with Crippen LogP contribution in [0.25, 0.3) is 10.9 Å². The number of hydrogen-bond donors (Lipinski definition) is 2. The summed E-state index contributed by atoms with van der Waals surface area (Å²) in [5.74, 6) is 1.62. The number of furan rings is 1. The highest BCUT2D eigenvalue weighted by atomic mass is 16.3. The summed E-state index contributed by atoms with van der Waals surface area (Å²) in [5.41, 5.74) is 2.51. The summed E-state index contributed by atoms with van der Waals surface area (Å²) in [5, 5.41) is 23.0. The first kappa shape index (κ1) is 22.9. The molecule has 0 fully saturated rings. The van der Waals surface area contributed by atoms with E-state index in [0.717, 1.165) is 22.2 Å². The first-order chi connectivity index (χ1) is 16.0. The van der Waals surface area contributed by atoms with Gasteiger partial charge < -0.3 is 14.5 Å². The van der Waals surface area contributed by atoms with Gasteiger partial charge in [-0.05, 0) is 65.4 Å². The molecule has 0 saturated carbocycles. The zero-order valence-corrected chi connectivity index (χ0v) is 19.2. The predicted octanol–water partition coefficient (Wildman–Crippen LogP) is 3.05. The predicted molar refractivity (Wildman–Crippen MR) is 125 cm³/mol. The number of aryl methyl sites for hydroxylation is 1. The largest absolute Gasteiger partial charge is 0.467 e. The second kappa shape index (κ2) is 10.1. The molecule has 3 heterocycles. The lowest BCUT2D eigenvalue weighted by Gasteiger charge is -2.33. The number of nitrogens with one attached hydrogen (secondary N) is 1. The van der Waals surface area contributed by atoms with Gasteiger partial charge in [-0.25, -0.2) is 4.68 Å². The number of fused-ring (bicyclic) bond motifs is 1. The van der Waals surface area contributed by atoms with E-state index in [4.69, 9.17) is 4.42 Å². The Kier molecular flexibility index (Phi) is 7.00. The lowest BCUT2D eigenvalue weighted by atomic mass is 10.00. The Labute approximate surface area is 192 Å². The van der Waals surface area contributed by atoms with Crippen LogP contribution in [0.3, 0.4) is 0 Å². The van der Waals surface area contributed by atoms with Gasteiger partial charge in [0, 0.05) is 30.8 Å². The summed E-state index contributed by atoms with van der Waals surface area (Å²) in [7, 11) is 0. The number of hydrogen-bond acceptors (Lipinski definition) is 7. The van der Waals surface area contributed by atoms with Crippen LogP contribution in [0.5, 0.6) is 0 Å². The van der Waals surface area contributed by atoms with Crippen molar-refractivity contribution in [2.45, 2.75) is 46.3 Å². The molecule has 0 radical (unpaired) electrons. The maximum atomic E-state index is 12.9. The van der Waals surface area contributed by atoms with Gasteiger partial charge in [0.15, 0.2) is 5.82 Å². The fourth-order valence-electron chi connectivity index (χ4n) is 4.27. The fourth-order valence-corrected chi connectivity index (χ4v) is 4.27. The Morgan fingerprint density at radius 3 is 2.82 bits per heavy atom. The van der Waals surface area contributed by atoms with Crippen molar-refractivity contribution in [1.82, 2.24) is 30.1 Å². The van der Waals surface area contributed by atoms with Gasteiger partial charge in [-0.1, -0.05) is 25.5 Å². The van der Waals surface area contributed by atoms with Crippen LogP contribution in [0, 0.1) is 12.8 Å². The Balaban J connectivity index is 1.70. The van der Waals surface area contributed by atoms with E-state index < -0.39 is 0 Å². The third-order valence-corrected chi connectivity index (χ3v) is 5.79. The van der Waals surface area contributed by atoms with Crippen LogP contribution in [0.2, 0.25) is 0 Å².